The van der Waals surface area contributed by atoms with E-state index in [2.05, 4.69) is 0 Å². The summed E-state index contributed by atoms with van der Waals surface area (Å²) in [5.74, 6) is -1.31. The number of rotatable bonds is 7. The van der Waals surface area contributed by atoms with E-state index < -0.39 is 23.0 Å². The second kappa shape index (κ2) is 9.00. The van der Waals surface area contributed by atoms with E-state index in [9.17, 15) is 14.4 Å². The van der Waals surface area contributed by atoms with Crippen LogP contribution in [-0.2, 0) is 24.5 Å². The Morgan fingerprint density at radius 2 is 1.27 bits per heavy atom. The topological polar surface area (TPSA) is 69.7 Å². The zero-order valence-electron chi connectivity index (χ0n) is 18.1. The Bertz CT molecular complexity index is 925. The van der Waals surface area contributed by atoms with Gasteiger partial charge in [0, 0.05) is 16.1 Å². The summed E-state index contributed by atoms with van der Waals surface area (Å²) >= 11 is 5.87. The molecule has 6 heteroatoms. The number of benzene rings is 2. The lowest BCUT2D eigenvalue weighted by atomic mass is 9.83. The fourth-order valence-corrected chi connectivity index (χ4v) is 2.81. The molecule has 0 saturated heterocycles. The van der Waals surface area contributed by atoms with Crippen molar-refractivity contribution in [3.05, 3.63) is 70.2 Å². The molecular weight excluding hydrogens is 404 g/mol. The smallest absolute Gasteiger partial charge is 0.350 e. The molecule has 0 saturated carbocycles. The number of hydrogen-bond donors (Lipinski definition) is 0. The SMILES string of the molecule is CC(C)OC(=O)C(C)(C)OC(=O)C(C)(C)c1ccc(C(=O)c2ccc(Cl)cc2)cc1. The van der Waals surface area contributed by atoms with Crippen LogP contribution in [0, 0.1) is 0 Å². The Hall–Kier alpha value is -2.66. The molecule has 5 nitrogen and oxygen atoms in total. The molecule has 0 N–H and O–H groups in total. The van der Waals surface area contributed by atoms with Crippen LogP contribution < -0.4 is 0 Å². The number of carbonyl (C=O) groups is 3. The first-order valence-electron chi connectivity index (χ1n) is 9.70. The molecule has 0 aliphatic rings. The maximum Gasteiger partial charge on any atom is 0.350 e. The van der Waals surface area contributed by atoms with Crippen LogP contribution in [0.25, 0.3) is 0 Å². The second-order valence-corrected chi connectivity index (χ2v) is 8.83. The standard InChI is InChI=1S/C24H27ClO5/c1-15(2)29-22(28)24(5,6)30-21(27)23(3,4)18-11-7-16(8-12-18)20(26)17-9-13-19(25)14-10-17/h7-15H,1-6H3. The lowest BCUT2D eigenvalue weighted by Gasteiger charge is -2.30. The highest BCUT2D eigenvalue weighted by atomic mass is 35.5. The normalized spacial score (nSPS) is 11.9. The summed E-state index contributed by atoms with van der Waals surface area (Å²) in [4.78, 5) is 37.7. The van der Waals surface area contributed by atoms with Crippen molar-refractivity contribution in [3.8, 4) is 0 Å². The molecule has 30 heavy (non-hydrogen) atoms. The van der Waals surface area contributed by atoms with Crippen molar-refractivity contribution in [2.75, 3.05) is 0 Å². The number of carbonyl (C=O) groups excluding carboxylic acids is 3. The van der Waals surface area contributed by atoms with Crippen LogP contribution >= 0.6 is 11.6 Å². The minimum absolute atomic E-state index is 0.142. The summed E-state index contributed by atoms with van der Waals surface area (Å²) in [7, 11) is 0. The van der Waals surface area contributed by atoms with Gasteiger partial charge in [-0.3, -0.25) is 9.59 Å². The van der Waals surface area contributed by atoms with Gasteiger partial charge in [-0.1, -0.05) is 35.9 Å². The van der Waals surface area contributed by atoms with Gasteiger partial charge >= 0.3 is 11.9 Å². The summed E-state index contributed by atoms with van der Waals surface area (Å²) in [6, 6.07) is 13.4. The fraction of sp³-hybridized carbons (Fsp3) is 0.375. The Labute approximate surface area is 182 Å². The van der Waals surface area contributed by atoms with Crippen molar-refractivity contribution in [1.29, 1.82) is 0 Å². The highest BCUT2D eigenvalue weighted by molar-refractivity contribution is 6.30. The monoisotopic (exact) mass is 430 g/mol. The van der Waals surface area contributed by atoms with Crippen molar-refractivity contribution in [3.63, 3.8) is 0 Å². The van der Waals surface area contributed by atoms with E-state index in [1.165, 1.54) is 13.8 Å². The van der Waals surface area contributed by atoms with Gasteiger partial charge in [0.05, 0.1) is 11.5 Å². The van der Waals surface area contributed by atoms with Crippen LogP contribution in [0.5, 0.6) is 0 Å². The van der Waals surface area contributed by atoms with Crippen LogP contribution in [0.15, 0.2) is 48.5 Å². The summed E-state index contributed by atoms with van der Waals surface area (Å²) in [5, 5.41) is 0.558. The zero-order chi connectivity index (χ0) is 22.7. The van der Waals surface area contributed by atoms with Crippen LogP contribution in [0.1, 0.15) is 63.0 Å². The summed E-state index contributed by atoms with van der Waals surface area (Å²) < 4.78 is 10.6. The molecule has 2 aromatic rings. The molecule has 0 aliphatic heterocycles. The maximum absolute atomic E-state index is 12.8. The fourth-order valence-electron chi connectivity index (χ4n) is 2.68. The molecular formula is C24H27ClO5. The van der Waals surface area contributed by atoms with Gasteiger partial charge in [0.2, 0.25) is 5.60 Å². The Balaban J connectivity index is 2.17. The second-order valence-electron chi connectivity index (χ2n) is 8.39. The highest BCUT2D eigenvalue weighted by Gasteiger charge is 2.40. The molecule has 0 amide bonds. The Kier molecular flexibility index (Phi) is 7.09. The number of halogens is 1. The summed E-state index contributed by atoms with van der Waals surface area (Å²) in [6.45, 7) is 9.86. The first kappa shape index (κ1) is 23.6. The Morgan fingerprint density at radius 3 is 1.73 bits per heavy atom. The van der Waals surface area contributed by atoms with Gasteiger partial charge in [-0.15, -0.1) is 0 Å². The van der Waals surface area contributed by atoms with Crippen LogP contribution in [0.2, 0.25) is 5.02 Å². The van der Waals surface area contributed by atoms with Gasteiger partial charge < -0.3 is 9.47 Å². The predicted octanol–water partition coefficient (Wildman–Crippen LogP) is 5.12. The van der Waals surface area contributed by atoms with E-state index in [0.29, 0.717) is 21.7 Å². The van der Waals surface area contributed by atoms with Crippen LogP contribution in [0.4, 0.5) is 0 Å². The largest absolute Gasteiger partial charge is 0.460 e. The van der Waals surface area contributed by atoms with Crippen molar-refractivity contribution in [1.82, 2.24) is 0 Å². The van der Waals surface area contributed by atoms with Gasteiger partial charge in [-0.2, -0.15) is 0 Å². The highest BCUT2D eigenvalue weighted by Crippen LogP contribution is 2.28. The van der Waals surface area contributed by atoms with Gasteiger partial charge in [0.15, 0.2) is 5.78 Å². The molecule has 0 fully saturated rings. The third-order valence-electron chi connectivity index (χ3n) is 4.67. The number of ether oxygens (including phenoxy) is 2. The van der Waals surface area contributed by atoms with Gasteiger partial charge in [-0.05, 0) is 71.4 Å². The van der Waals surface area contributed by atoms with Crippen molar-refractivity contribution < 1.29 is 23.9 Å². The molecule has 0 aliphatic carbocycles. The maximum atomic E-state index is 12.8. The lowest BCUT2D eigenvalue weighted by molar-refractivity contribution is -0.184. The molecule has 0 atom stereocenters. The van der Waals surface area contributed by atoms with Crippen molar-refractivity contribution >= 4 is 29.3 Å². The number of hydrogen-bond acceptors (Lipinski definition) is 5. The van der Waals surface area contributed by atoms with Crippen molar-refractivity contribution in [2.45, 2.75) is 58.7 Å². The van der Waals surface area contributed by atoms with Gasteiger partial charge in [-0.25, -0.2) is 4.79 Å². The minimum Gasteiger partial charge on any atom is -0.460 e. The van der Waals surface area contributed by atoms with E-state index in [4.69, 9.17) is 21.1 Å². The molecule has 2 rings (SSSR count). The molecule has 0 unspecified atom stereocenters. The predicted molar refractivity (Wildman–Crippen MR) is 116 cm³/mol. The van der Waals surface area contributed by atoms with Gasteiger partial charge in [0.1, 0.15) is 0 Å². The van der Waals surface area contributed by atoms with E-state index in [0.717, 1.165) is 0 Å². The van der Waals surface area contributed by atoms with E-state index in [1.807, 2.05) is 0 Å². The third-order valence-corrected chi connectivity index (χ3v) is 4.92. The minimum atomic E-state index is -1.41. The zero-order valence-corrected chi connectivity index (χ0v) is 18.9. The quantitative estimate of drug-likeness (QED) is 0.450. The first-order valence-corrected chi connectivity index (χ1v) is 10.1. The van der Waals surface area contributed by atoms with E-state index in [1.54, 1.807) is 76.2 Å². The summed E-state index contributed by atoms with van der Waals surface area (Å²) in [5.41, 5.74) is -0.768. The molecule has 2 aromatic carbocycles. The van der Waals surface area contributed by atoms with Crippen LogP contribution in [0.3, 0.4) is 0 Å². The summed E-state index contributed by atoms with van der Waals surface area (Å²) in [6.07, 6.45) is -0.311. The third kappa shape index (κ3) is 5.48. The first-order chi connectivity index (χ1) is 13.8. The molecule has 0 bridgehead atoms. The van der Waals surface area contributed by atoms with Gasteiger partial charge in [0.25, 0.3) is 0 Å². The molecule has 0 aromatic heterocycles. The van der Waals surface area contributed by atoms with Crippen molar-refractivity contribution in [2.24, 2.45) is 0 Å². The number of ketones is 1. The molecule has 0 heterocycles. The van der Waals surface area contributed by atoms with E-state index in [-0.39, 0.29) is 11.9 Å². The Morgan fingerprint density at radius 1 is 0.800 bits per heavy atom. The lowest BCUT2D eigenvalue weighted by Crippen LogP contribution is -2.44. The number of esters is 2. The molecule has 0 radical (unpaired) electrons. The van der Waals surface area contributed by atoms with Crippen LogP contribution in [-0.4, -0.2) is 29.4 Å². The van der Waals surface area contributed by atoms with E-state index >= 15 is 0 Å². The molecule has 160 valence electrons. The average molecular weight is 431 g/mol. The molecule has 0 spiro atoms. The average Bonchev–Trinajstić information content (AvgIpc) is 2.67.